The van der Waals surface area contributed by atoms with E-state index in [0.717, 1.165) is 22.2 Å². The van der Waals surface area contributed by atoms with Gasteiger partial charge < -0.3 is 10.1 Å². The number of nitrogens with zero attached hydrogens (tertiary/aromatic N) is 1. The van der Waals surface area contributed by atoms with Crippen LogP contribution in [0.4, 0.5) is 0 Å². The van der Waals surface area contributed by atoms with Crippen LogP contribution in [0.15, 0.2) is 54.7 Å². The molecule has 122 valence electrons. The van der Waals surface area contributed by atoms with Crippen LogP contribution in [-0.4, -0.2) is 23.5 Å². The summed E-state index contributed by atoms with van der Waals surface area (Å²) in [6, 6.07) is 14.9. The van der Waals surface area contributed by atoms with Crippen LogP contribution in [0.2, 0.25) is 0 Å². The van der Waals surface area contributed by atoms with Gasteiger partial charge >= 0.3 is 0 Å². The third kappa shape index (κ3) is 3.01. The van der Waals surface area contributed by atoms with Gasteiger partial charge in [-0.15, -0.1) is 0 Å². The third-order valence-corrected chi connectivity index (χ3v) is 3.91. The molecule has 0 bridgehead atoms. The number of fused-ring (bicyclic) bond motifs is 1. The fraction of sp³-hybridized carbons (Fsp3) is 0.158. The highest BCUT2D eigenvalue weighted by molar-refractivity contribution is 6.09. The number of hydrogen-bond acceptors (Lipinski definition) is 3. The van der Waals surface area contributed by atoms with Gasteiger partial charge in [0.05, 0.1) is 18.2 Å². The number of rotatable bonds is 4. The van der Waals surface area contributed by atoms with Crippen molar-refractivity contribution in [2.24, 2.45) is 0 Å². The number of amides is 1. The van der Waals surface area contributed by atoms with E-state index in [-0.39, 0.29) is 11.8 Å². The summed E-state index contributed by atoms with van der Waals surface area (Å²) in [6.07, 6.45) is 1.59. The Balaban J connectivity index is 1.82. The third-order valence-electron chi connectivity index (χ3n) is 3.91. The average molecular weight is 322 g/mol. The first kappa shape index (κ1) is 15.8. The van der Waals surface area contributed by atoms with E-state index in [1.165, 1.54) is 11.5 Å². The molecule has 1 aromatic heterocycles. The second-order valence-corrected chi connectivity index (χ2v) is 5.48. The standard InChI is InChI=1S/C19H18N2O3/c1-13(22)21-12-17(16-5-3-4-6-18(16)21)19(23)20-11-14-7-9-15(24-2)10-8-14/h3-10,12H,11H2,1-2H3,(H,20,23). The van der Waals surface area contributed by atoms with Gasteiger partial charge in [-0.25, -0.2) is 0 Å². The Morgan fingerprint density at radius 1 is 1.08 bits per heavy atom. The number of carbonyl (C=O) groups is 2. The fourth-order valence-electron chi connectivity index (χ4n) is 2.64. The molecule has 0 saturated heterocycles. The quantitative estimate of drug-likeness (QED) is 0.802. The first-order valence-electron chi connectivity index (χ1n) is 7.62. The lowest BCUT2D eigenvalue weighted by atomic mass is 10.1. The normalized spacial score (nSPS) is 10.6. The SMILES string of the molecule is COc1ccc(CNC(=O)c2cn(C(C)=O)c3ccccc23)cc1. The van der Waals surface area contributed by atoms with E-state index in [0.29, 0.717) is 12.1 Å². The smallest absolute Gasteiger partial charge is 0.253 e. The zero-order chi connectivity index (χ0) is 17.1. The molecule has 1 amide bonds. The maximum Gasteiger partial charge on any atom is 0.253 e. The molecule has 1 heterocycles. The van der Waals surface area contributed by atoms with E-state index < -0.39 is 0 Å². The van der Waals surface area contributed by atoms with Crippen molar-refractivity contribution in [3.8, 4) is 5.75 Å². The number of nitrogens with one attached hydrogen (secondary N) is 1. The molecule has 24 heavy (non-hydrogen) atoms. The van der Waals surface area contributed by atoms with E-state index in [4.69, 9.17) is 4.74 Å². The molecule has 0 spiro atoms. The molecular weight excluding hydrogens is 304 g/mol. The van der Waals surface area contributed by atoms with Crippen LogP contribution in [0, 0.1) is 0 Å². The molecule has 0 aliphatic rings. The van der Waals surface area contributed by atoms with Crippen molar-refractivity contribution in [3.05, 3.63) is 65.9 Å². The van der Waals surface area contributed by atoms with Crippen molar-refractivity contribution in [2.45, 2.75) is 13.5 Å². The number of carbonyl (C=O) groups excluding carboxylic acids is 2. The van der Waals surface area contributed by atoms with E-state index in [2.05, 4.69) is 5.32 Å². The number of benzene rings is 2. The lowest BCUT2D eigenvalue weighted by molar-refractivity contribution is 0.0941. The molecule has 2 aromatic carbocycles. The van der Waals surface area contributed by atoms with Gasteiger partial charge in [0, 0.05) is 25.1 Å². The van der Waals surface area contributed by atoms with Crippen molar-refractivity contribution in [3.63, 3.8) is 0 Å². The number of ether oxygens (including phenoxy) is 1. The molecule has 0 unspecified atom stereocenters. The first-order valence-corrected chi connectivity index (χ1v) is 7.62. The number of hydrogen-bond donors (Lipinski definition) is 1. The molecule has 0 saturated carbocycles. The molecule has 0 aliphatic carbocycles. The van der Waals surface area contributed by atoms with E-state index in [9.17, 15) is 9.59 Å². The van der Waals surface area contributed by atoms with Crippen molar-refractivity contribution in [1.82, 2.24) is 9.88 Å². The molecule has 3 rings (SSSR count). The van der Waals surface area contributed by atoms with Gasteiger partial charge in [-0.05, 0) is 23.8 Å². The Hall–Kier alpha value is -3.08. The van der Waals surface area contributed by atoms with Gasteiger partial charge in [-0.2, -0.15) is 0 Å². The maximum atomic E-state index is 12.5. The van der Waals surface area contributed by atoms with Crippen LogP contribution in [0.3, 0.4) is 0 Å². The highest BCUT2D eigenvalue weighted by atomic mass is 16.5. The highest BCUT2D eigenvalue weighted by Crippen LogP contribution is 2.21. The summed E-state index contributed by atoms with van der Waals surface area (Å²) in [4.78, 5) is 24.3. The first-order chi connectivity index (χ1) is 11.6. The average Bonchev–Trinajstić information content (AvgIpc) is 3.00. The second-order valence-electron chi connectivity index (χ2n) is 5.48. The van der Waals surface area contributed by atoms with Gasteiger partial charge in [0.15, 0.2) is 0 Å². The zero-order valence-electron chi connectivity index (χ0n) is 13.6. The summed E-state index contributed by atoms with van der Waals surface area (Å²) in [5.41, 5.74) is 2.20. The Labute approximate surface area is 139 Å². The Bertz CT molecular complexity index is 895. The van der Waals surface area contributed by atoms with Crippen molar-refractivity contribution in [1.29, 1.82) is 0 Å². The number of methoxy groups -OCH3 is 1. The van der Waals surface area contributed by atoms with E-state index in [1.807, 2.05) is 48.5 Å². The Morgan fingerprint density at radius 3 is 2.46 bits per heavy atom. The van der Waals surface area contributed by atoms with Gasteiger partial charge in [0.25, 0.3) is 5.91 Å². The van der Waals surface area contributed by atoms with E-state index in [1.54, 1.807) is 13.3 Å². The van der Waals surface area contributed by atoms with Crippen LogP contribution in [0.1, 0.15) is 27.6 Å². The maximum absolute atomic E-state index is 12.5. The topological polar surface area (TPSA) is 60.3 Å². The van der Waals surface area contributed by atoms with Crippen LogP contribution in [0.25, 0.3) is 10.9 Å². The minimum atomic E-state index is -0.206. The van der Waals surface area contributed by atoms with Gasteiger partial charge in [-0.3, -0.25) is 14.2 Å². The zero-order valence-corrected chi connectivity index (χ0v) is 13.6. The van der Waals surface area contributed by atoms with Gasteiger partial charge in [0.2, 0.25) is 5.91 Å². The molecule has 5 heteroatoms. The molecule has 0 aliphatic heterocycles. The summed E-state index contributed by atoms with van der Waals surface area (Å²) in [5, 5.41) is 3.66. The minimum Gasteiger partial charge on any atom is -0.497 e. The fourth-order valence-corrected chi connectivity index (χ4v) is 2.64. The van der Waals surface area contributed by atoms with Crippen LogP contribution >= 0.6 is 0 Å². The molecule has 0 radical (unpaired) electrons. The molecular formula is C19H18N2O3. The molecule has 5 nitrogen and oxygen atoms in total. The lowest BCUT2D eigenvalue weighted by Crippen LogP contribution is -2.22. The van der Waals surface area contributed by atoms with Crippen molar-refractivity contribution < 1.29 is 14.3 Å². The summed E-state index contributed by atoms with van der Waals surface area (Å²) < 4.78 is 6.61. The van der Waals surface area contributed by atoms with Crippen molar-refractivity contribution in [2.75, 3.05) is 7.11 Å². The Morgan fingerprint density at radius 2 is 1.79 bits per heavy atom. The van der Waals surface area contributed by atoms with E-state index >= 15 is 0 Å². The summed E-state index contributed by atoms with van der Waals surface area (Å²) in [7, 11) is 1.61. The van der Waals surface area contributed by atoms with Crippen LogP contribution in [-0.2, 0) is 6.54 Å². The monoisotopic (exact) mass is 322 g/mol. The lowest BCUT2D eigenvalue weighted by Gasteiger charge is -2.06. The summed E-state index contributed by atoms with van der Waals surface area (Å²) >= 11 is 0. The second kappa shape index (κ2) is 6.58. The van der Waals surface area contributed by atoms with Crippen LogP contribution < -0.4 is 10.1 Å². The molecule has 3 aromatic rings. The summed E-state index contributed by atoms with van der Waals surface area (Å²) in [5.74, 6) is 0.442. The molecule has 0 atom stereocenters. The largest absolute Gasteiger partial charge is 0.497 e. The van der Waals surface area contributed by atoms with Crippen LogP contribution in [0.5, 0.6) is 5.75 Å². The molecule has 0 fully saturated rings. The number of para-hydroxylation sites is 1. The predicted octanol–water partition coefficient (Wildman–Crippen LogP) is 3.24. The van der Waals surface area contributed by atoms with Gasteiger partial charge in [-0.1, -0.05) is 30.3 Å². The summed E-state index contributed by atoms with van der Waals surface area (Å²) in [6.45, 7) is 1.88. The molecule has 1 N–H and O–H groups in total. The van der Waals surface area contributed by atoms with Gasteiger partial charge in [0.1, 0.15) is 5.75 Å². The van der Waals surface area contributed by atoms with Crippen molar-refractivity contribution >= 4 is 22.7 Å². The predicted molar refractivity (Wildman–Crippen MR) is 92.4 cm³/mol. The Kier molecular flexibility index (Phi) is 4.33. The highest BCUT2D eigenvalue weighted by Gasteiger charge is 2.16. The number of aromatic nitrogens is 1. The minimum absolute atomic E-state index is 0.125.